The summed E-state index contributed by atoms with van der Waals surface area (Å²) in [6.07, 6.45) is 0. The SMILES string of the molecule is CC(C)C(C)(C(=O)Cl)c1ccc(C#N)cc1. The Morgan fingerprint density at radius 3 is 2.19 bits per heavy atom. The minimum Gasteiger partial charge on any atom is -0.280 e. The second-order valence-electron chi connectivity index (χ2n) is 4.32. The molecule has 0 saturated heterocycles. The molecule has 0 aliphatic carbocycles. The van der Waals surface area contributed by atoms with E-state index in [0.717, 1.165) is 5.56 Å². The highest BCUT2D eigenvalue weighted by atomic mass is 35.5. The minimum absolute atomic E-state index is 0.102. The van der Waals surface area contributed by atoms with Gasteiger partial charge in [-0.2, -0.15) is 5.26 Å². The van der Waals surface area contributed by atoms with Crippen molar-refractivity contribution in [2.24, 2.45) is 5.92 Å². The van der Waals surface area contributed by atoms with Crippen molar-refractivity contribution in [3.63, 3.8) is 0 Å². The summed E-state index contributed by atoms with van der Waals surface area (Å²) in [4.78, 5) is 11.6. The standard InChI is InChI=1S/C13H14ClNO/c1-9(2)13(3,12(14)16)11-6-4-10(8-15)5-7-11/h4-7,9H,1-3H3. The third-order valence-corrected chi connectivity index (χ3v) is 3.57. The van der Waals surface area contributed by atoms with Crippen LogP contribution >= 0.6 is 11.6 Å². The first-order chi connectivity index (χ1) is 7.42. The highest BCUT2D eigenvalue weighted by Crippen LogP contribution is 2.34. The smallest absolute Gasteiger partial charge is 0.232 e. The van der Waals surface area contributed by atoms with Crippen molar-refractivity contribution in [2.75, 3.05) is 0 Å². The van der Waals surface area contributed by atoms with Gasteiger partial charge < -0.3 is 0 Å². The van der Waals surface area contributed by atoms with Gasteiger partial charge in [0.25, 0.3) is 0 Å². The van der Waals surface area contributed by atoms with Gasteiger partial charge in [-0.3, -0.25) is 4.79 Å². The van der Waals surface area contributed by atoms with E-state index >= 15 is 0 Å². The average Bonchev–Trinajstić information content (AvgIpc) is 2.27. The van der Waals surface area contributed by atoms with Crippen LogP contribution in [0.4, 0.5) is 0 Å². The molecule has 0 aliphatic rings. The Bertz CT molecular complexity index is 430. The molecule has 1 aromatic rings. The lowest BCUT2D eigenvalue weighted by Crippen LogP contribution is -2.34. The number of hydrogen-bond donors (Lipinski definition) is 0. The van der Waals surface area contributed by atoms with Crippen LogP contribution in [-0.4, -0.2) is 5.24 Å². The zero-order valence-corrected chi connectivity index (χ0v) is 10.4. The zero-order chi connectivity index (χ0) is 12.3. The lowest BCUT2D eigenvalue weighted by atomic mass is 9.74. The summed E-state index contributed by atoms with van der Waals surface area (Å²) >= 11 is 5.68. The molecule has 0 bridgehead atoms. The van der Waals surface area contributed by atoms with Crippen LogP contribution in [0.3, 0.4) is 0 Å². The van der Waals surface area contributed by atoms with E-state index in [-0.39, 0.29) is 11.2 Å². The minimum atomic E-state index is -0.699. The van der Waals surface area contributed by atoms with Crippen LogP contribution in [0.2, 0.25) is 0 Å². The van der Waals surface area contributed by atoms with Gasteiger partial charge in [0.05, 0.1) is 17.0 Å². The molecule has 1 unspecified atom stereocenters. The largest absolute Gasteiger partial charge is 0.280 e. The molecule has 3 heteroatoms. The van der Waals surface area contributed by atoms with Crippen molar-refractivity contribution in [1.82, 2.24) is 0 Å². The Morgan fingerprint density at radius 2 is 1.88 bits per heavy atom. The first kappa shape index (κ1) is 12.7. The molecule has 0 saturated carbocycles. The summed E-state index contributed by atoms with van der Waals surface area (Å²) in [7, 11) is 0. The van der Waals surface area contributed by atoms with Crippen molar-refractivity contribution in [3.8, 4) is 6.07 Å². The number of rotatable bonds is 3. The predicted molar refractivity (Wildman–Crippen MR) is 64.2 cm³/mol. The Hall–Kier alpha value is -1.33. The number of benzene rings is 1. The predicted octanol–water partition coefficient (Wildman–Crippen LogP) is 3.24. The number of nitriles is 1. The molecule has 0 aromatic heterocycles. The molecule has 2 nitrogen and oxygen atoms in total. The summed E-state index contributed by atoms with van der Waals surface area (Å²) in [6, 6.07) is 9.04. The van der Waals surface area contributed by atoms with Gasteiger partial charge in [0.15, 0.2) is 0 Å². The van der Waals surface area contributed by atoms with E-state index in [2.05, 4.69) is 0 Å². The van der Waals surface area contributed by atoms with Crippen LogP contribution in [0.1, 0.15) is 31.9 Å². The molecular weight excluding hydrogens is 222 g/mol. The zero-order valence-electron chi connectivity index (χ0n) is 9.62. The monoisotopic (exact) mass is 235 g/mol. The van der Waals surface area contributed by atoms with Gasteiger partial charge in [0.1, 0.15) is 0 Å². The summed E-state index contributed by atoms with van der Waals surface area (Å²) in [5, 5.41) is 8.34. The summed E-state index contributed by atoms with van der Waals surface area (Å²) in [5.74, 6) is 0.102. The first-order valence-electron chi connectivity index (χ1n) is 5.13. The van der Waals surface area contributed by atoms with E-state index in [1.807, 2.05) is 26.8 Å². The highest BCUT2D eigenvalue weighted by Gasteiger charge is 2.37. The molecule has 0 spiro atoms. The Labute approximate surface area is 101 Å². The van der Waals surface area contributed by atoms with Gasteiger partial charge in [-0.1, -0.05) is 26.0 Å². The normalized spacial score (nSPS) is 14.2. The van der Waals surface area contributed by atoms with Crippen LogP contribution in [0.5, 0.6) is 0 Å². The number of carbonyl (C=O) groups is 1. The van der Waals surface area contributed by atoms with Gasteiger partial charge in [-0.25, -0.2) is 0 Å². The summed E-state index contributed by atoms with van der Waals surface area (Å²) < 4.78 is 0. The Balaban J connectivity index is 3.23. The van der Waals surface area contributed by atoms with Crippen LogP contribution < -0.4 is 0 Å². The maximum absolute atomic E-state index is 11.6. The van der Waals surface area contributed by atoms with Crippen molar-refractivity contribution >= 4 is 16.8 Å². The second kappa shape index (κ2) is 4.67. The lowest BCUT2D eigenvalue weighted by molar-refractivity contribution is -0.117. The fourth-order valence-electron chi connectivity index (χ4n) is 1.56. The number of hydrogen-bond acceptors (Lipinski definition) is 2. The Morgan fingerprint density at radius 1 is 1.38 bits per heavy atom. The van der Waals surface area contributed by atoms with Crippen LogP contribution in [0, 0.1) is 17.2 Å². The lowest BCUT2D eigenvalue weighted by Gasteiger charge is -2.30. The third kappa shape index (κ3) is 2.10. The van der Waals surface area contributed by atoms with Crippen molar-refractivity contribution in [3.05, 3.63) is 35.4 Å². The maximum atomic E-state index is 11.6. The van der Waals surface area contributed by atoms with E-state index in [4.69, 9.17) is 16.9 Å². The van der Waals surface area contributed by atoms with Crippen molar-refractivity contribution in [1.29, 1.82) is 5.26 Å². The van der Waals surface area contributed by atoms with Crippen molar-refractivity contribution in [2.45, 2.75) is 26.2 Å². The summed E-state index contributed by atoms with van der Waals surface area (Å²) in [6.45, 7) is 5.74. The molecule has 0 fully saturated rings. The molecule has 84 valence electrons. The van der Waals surface area contributed by atoms with Gasteiger partial charge in [-0.15, -0.1) is 0 Å². The maximum Gasteiger partial charge on any atom is 0.232 e. The second-order valence-corrected chi connectivity index (χ2v) is 4.66. The highest BCUT2D eigenvalue weighted by molar-refractivity contribution is 6.65. The van der Waals surface area contributed by atoms with Crippen LogP contribution in [0.15, 0.2) is 24.3 Å². The molecular formula is C13H14ClNO. The molecule has 16 heavy (non-hydrogen) atoms. The quantitative estimate of drug-likeness (QED) is 0.755. The van der Waals surface area contributed by atoms with Crippen LogP contribution in [-0.2, 0) is 10.2 Å². The first-order valence-corrected chi connectivity index (χ1v) is 5.51. The van der Waals surface area contributed by atoms with Gasteiger partial charge >= 0.3 is 0 Å². The van der Waals surface area contributed by atoms with E-state index in [1.165, 1.54) is 0 Å². The fourth-order valence-corrected chi connectivity index (χ4v) is 1.89. The van der Waals surface area contributed by atoms with Gasteiger partial charge in [0, 0.05) is 0 Å². The van der Waals surface area contributed by atoms with Gasteiger partial charge in [-0.05, 0) is 42.1 Å². The molecule has 1 rings (SSSR count). The topological polar surface area (TPSA) is 40.9 Å². The number of carbonyl (C=O) groups excluding carboxylic acids is 1. The molecule has 0 amide bonds. The van der Waals surface area contributed by atoms with Crippen LogP contribution in [0.25, 0.3) is 0 Å². The number of halogens is 1. The van der Waals surface area contributed by atoms with Crippen molar-refractivity contribution < 1.29 is 4.79 Å². The number of nitrogens with zero attached hydrogens (tertiary/aromatic N) is 1. The van der Waals surface area contributed by atoms with E-state index in [1.54, 1.807) is 24.3 Å². The molecule has 0 radical (unpaired) electrons. The Kier molecular flexibility index (Phi) is 3.72. The average molecular weight is 236 g/mol. The molecule has 1 atom stereocenters. The third-order valence-electron chi connectivity index (χ3n) is 3.18. The summed E-state index contributed by atoms with van der Waals surface area (Å²) in [5.41, 5.74) is 0.730. The molecule has 0 N–H and O–H groups in total. The molecule has 0 aliphatic heterocycles. The van der Waals surface area contributed by atoms with Gasteiger partial charge in [0.2, 0.25) is 5.24 Å². The molecule has 1 aromatic carbocycles. The van der Waals surface area contributed by atoms with E-state index in [9.17, 15) is 4.79 Å². The van der Waals surface area contributed by atoms with E-state index < -0.39 is 5.41 Å². The molecule has 0 heterocycles. The van der Waals surface area contributed by atoms with E-state index in [0.29, 0.717) is 5.56 Å². The fraction of sp³-hybridized carbons (Fsp3) is 0.385.